The summed E-state index contributed by atoms with van der Waals surface area (Å²) in [5.41, 5.74) is -0.696. The first-order valence-electron chi connectivity index (χ1n) is 10.4. The zero-order valence-electron chi connectivity index (χ0n) is 18.5. The summed E-state index contributed by atoms with van der Waals surface area (Å²) in [5, 5.41) is 9.98. The Morgan fingerprint density at radius 2 is 1.78 bits per heavy atom. The smallest absolute Gasteiger partial charge is 0.253 e. The maximum absolute atomic E-state index is 12.7. The number of rotatable bonds is 5. The third-order valence-electron chi connectivity index (χ3n) is 5.95. The molecule has 170 valence electrons. The van der Waals surface area contributed by atoms with E-state index in [-0.39, 0.29) is 27.9 Å². The van der Waals surface area contributed by atoms with Gasteiger partial charge in [-0.05, 0) is 49.4 Å². The molecule has 1 aromatic carbocycles. The molecule has 7 nitrogen and oxygen atoms in total. The number of hydrogen-bond acceptors (Lipinski definition) is 6. The molecule has 0 saturated heterocycles. The average Bonchev–Trinajstić information content (AvgIpc) is 3.21. The van der Waals surface area contributed by atoms with Crippen LogP contribution in [0.2, 0.25) is 5.22 Å². The highest BCUT2D eigenvalue weighted by molar-refractivity contribution is 6.33. The number of halogens is 2. The summed E-state index contributed by atoms with van der Waals surface area (Å²) in [6.45, 7) is 9.69. The van der Waals surface area contributed by atoms with Crippen molar-refractivity contribution < 1.29 is 9.21 Å². The third kappa shape index (κ3) is 3.67. The maximum Gasteiger partial charge on any atom is 0.253 e. The first-order valence-corrected chi connectivity index (χ1v) is 11.1. The summed E-state index contributed by atoms with van der Waals surface area (Å²) < 4.78 is 5.58. The number of amides is 1. The fourth-order valence-corrected chi connectivity index (χ4v) is 4.96. The minimum atomic E-state index is -0.627. The van der Waals surface area contributed by atoms with Crippen LogP contribution in [-0.2, 0) is 4.79 Å². The van der Waals surface area contributed by atoms with Crippen molar-refractivity contribution in [3.05, 3.63) is 65.8 Å². The van der Waals surface area contributed by atoms with Gasteiger partial charge in [0.05, 0.1) is 17.6 Å². The highest BCUT2D eigenvalue weighted by Gasteiger charge is 2.44. The van der Waals surface area contributed by atoms with Crippen molar-refractivity contribution in [3.8, 4) is 0 Å². The van der Waals surface area contributed by atoms with E-state index in [1.807, 2.05) is 40.7 Å². The van der Waals surface area contributed by atoms with Gasteiger partial charge in [-0.2, -0.15) is 0 Å². The van der Waals surface area contributed by atoms with E-state index in [0.29, 0.717) is 28.4 Å². The molecule has 0 saturated carbocycles. The van der Waals surface area contributed by atoms with Crippen molar-refractivity contribution in [2.45, 2.75) is 58.7 Å². The third-order valence-corrected chi connectivity index (χ3v) is 6.49. The Kier molecular flexibility index (Phi) is 5.33. The summed E-state index contributed by atoms with van der Waals surface area (Å²) >= 11 is 12.4. The zero-order valence-corrected chi connectivity index (χ0v) is 20.0. The van der Waals surface area contributed by atoms with Crippen molar-refractivity contribution in [1.29, 1.82) is 0 Å². The van der Waals surface area contributed by atoms with Gasteiger partial charge < -0.3 is 20.4 Å². The second-order valence-electron chi connectivity index (χ2n) is 9.85. The summed E-state index contributed by atoms with van der Waals surface area (Å²) in [5.74, 6) is 0.315. The largest absolute Gasteiger partial charge is 0.447 e. The number of hydrogen-bond donors (Lipinski definition) is 3. The van der Waals surface area contributed by atoms with Crippen LogP contribution in [0.5, 0.6) is 0 Å². The van der Waals surface area contributed by atoms with Crippen molar-refractivity contribution in [1.82, 2.24) is 5.32 Å². The predicted molar refractivity (Wildman–Crippen MR) is 126 cm³/mol. The van der Waals surface area contributed by atoms with Gasteiger partial charge in [-0.3, -0.25) is 14.4 Å². The molecule has 0 bridgehead atoms. The molecule has 0 radical (unpaired) electrons. The topological polar surface area (TPSA) is 100 Å². The Labute approximate surface area is 195 Å². The van der Waals surface area contributed by atoms with Crippen LogP contribution in [0.25, 0.3) is 0 Å². The van der Waals surface area contributed by atoms with E-state index in [4.69, 9.17) is 27.6 Å². The molecule has 1 aromatic heterocycles. The van der Waals surface area contributed by atoms with Gasteiger partial charge in [-0.15, -0.1) is 0 Å². The van der Waals surface area contributed by atoms with Gasteiger partial charge in [0.1, 0.15) is 17.1 Å². The van der Waals surface area contributed by atoms with Crippen molar-refractivity contribution >= 4 is 40.5 Å². The van der Waals surface area contributed by atoms with Crippen LogP contribution in [0.3, 0.4) is 0 Å². The van der Waals surface area contributed by atoms with E-state index in [0.717, 1.165) is 0 Å². The highest BCUT2D eigenvalue weighted by atomic mass is 35.5. The lowest BCUT2D eigenvalue weighted by molar-refractivity contribution is -0.117. The fourth-order valence-electron chi connectivity index (χ4n) is 4.38. The van der Waals surface area contributed by atoms with Crippen molar-refractivity contribution in [2.75, 3.05) is 10.6 Å². The molecule has 2 aromatic rings. The standard InChI is InChI=1S/C23H25Cl2N3O4/c1-22(2,3)20(12-8-9-13(25)32-12)27-17-16(18(29)19(17)30)26-11-7-6-10(24)15-14(11)21(31)28-23(15,4)5/h6,8-9,11,20,26-27H,7H2,1-5H3,(H,28,31)/t11?,20-/m0/s1. The van der Waals surface area contributed by atoms with E-state index in [1.54, 1.807) is 12.1 Å². The molecule has 9 heteroatoms. The van der Waals surface area contributed by atoms with Gasteiger partial charge >= 0.3 is 0 Å². The lowest BCUT2D eigenvalue weighted by atomic mass is 9.84. The predicted octanol–water partition coefficient (Wildman–Crippen LogP) is 4.24. The van der Waals surface area contributed by atoms with Crippen LogP contribution in [-0.4, -0.2) is 17.5 Å². The Hall–Kier alpha value is -2.51. The van der Waals surface area contributed by atoms with Crippen LogP contribution in [0.4, 0.5) is 11.4 Å². The number of furan rings is 1. The second kappa shape index (κ2) is 7.52. The SMILES string of the molecule is CC1(C)NC(=O)C2=C1C(Cl)=CCC2Nc1c(N[C@@H](c2ccc(Cl)o2)C(C)(C)C)c(=O)c1=O. The second-order valence-corrected chi connectivity index (χ2v) is 10.6. The van der Waals surface area contributed by atoms with E-state index < -0.39 is 28.5 Å². The van der Waals surface area contributed by atoms with Crippen LogP contribution in [0.15, 0.2) is 48.4 Å². The van der Waals surface area contributed by atoms with Gasteiger partial charge in [0.25, 0.3) is 10.9 Å². The molecule has 2 aliphatic rings. The molecule has 2 atom stereocenters. The molecule has 32 heavy (non-hydrogen) atoms. The van der Waals surface area contributed by atoms with Crippen molar-refractivity contribution in [2.24, 2.45) is 5.41 Å². The van der Waals surface area contributed by atoms with Gasteiger partial charge in [-0.1, -0.05) is 38.4 Å². The molecule has 1 aliphatic heterocycles. The van der Waals surface area contributed by atoms with Gasteiger partial charge in [0.15, 0.2) is 5.22 Å². The van der Waals surface area contributed by atoms with Crippen LogP contribution < -0.4 is 26.8 Å². The average molecular weight is 478 g/mol. The Balaban J connectivity index is 1.67. The van der Waals surface area contributed by atoms with E-state index in [9.17, 15) is 14.4 Å². The Morgan fingerprint density at radius 1 is 1.12 bits per heavy atom. The summed E-state index contributed by atoms with van der Waals surface area (Å²) in [4.78, 5) is 37.6. The normalized spacial score (nSPS) is 21.3. The van der Waals surface area contributed by atoms with E-state index in [1.165, 1.54) is 0 Å². The molecule has 1 amide bonds. The minimum absolute atomic E-state index is 0.155. The molecule has 1 aliphatic carbocycles. The lowest BCUT2D eigenvalue weighted by Gasteiger charge is -2.32. The van der Waals surface area contributed by atoms with Crippen molar-refractivity contribution in [3.63, 3.8) is 0 Å². The number of anilines is 2. The first-order chi connectivity index (χ1) is 14.8. The number of nitrogens with one attached hydrogen (secondary N) is 3. The summed E-state index contributed by atoms with van der Waals surface area (Å²) in [6.07, 6.45) is 2.23. The fraction of sp³-hybridized carbons (Fsp3) is 0.435. The Bertz CT molecular complexity index is 1240. The number of carbonyl (C=O) groups excluding carboxylic acids is 1. The van der Waals surface area contributed by atoms with Crippen LogP contribution >= 0.6 is 23.2 Å². The molecule has 3 N–H and O–H groups in total. The van der Waals surface area contributed by atoms with Gasteiger partial charge in [-0.25, -0.2) is 0 Å². The molecule has 2 heterocycles. The first kappa shape index (κ1) is 22.7. The lowest BCUT2D eigenvalue weighted by Crippen LogP contribution is -2.42. The van der Waals surface area contributed by atoms with Gasteiger partial charge in [0, 0.05) is 16.2 Å². The minimum Gasteiger partial charge on any atom is -0.447 e. The molecular weight excluding hydrogens is 453 g/mol. The summed E-state index contributed by atoms with van der Waals surface area (Å²) in [7, 11) is 0. The molecule has 4 rings (SSSR count). The van der Waals surface area contributed by atoms with Crippen LogP contribution in [0.1, 0.15) is 52.8 Å². The monoisotopic (exact) mass is 477 g/mol. The van der Waals surface area contributed by atoms with Crippen LogP contribution in [0, 0.1) is 5.41 Å². The number of carbonyl (C=O) groups is 1. The molecule has 0 spiro atoms. The molecular formula is C23H25Cl2N3O4. The quantitative estimate of drug-likeness (QED) is 0.556. The van der Waals surface area contributed by atoms with Gasteiger partial charge in [0.2, 0.25) is 5.91 Å². The maximum atomic E-state index is 12.7. The Morgan fingerprint density at radius 3 is 2.38 bits per heavy atom. The molecule has 0 fully saturated rings. The summed E-state index contributed by atoms with van der Waals surface area (Å²) in [6, 6.07) is 2.47. The van der Waals surface area contributed by atoms with E-state index in [2.05, 4.69) is 16.0 Å². The molecule has 1 unspecified atom stereocenters. The zero-order chi connectivity index (χ0) is 23.6. The van der Waals surface area contributed by atoms with E-state index >= 15 is 0 Å². The highest BCUT2D eigenvalue weighted by Crippen LogP contribution is 2.42.